The maximum Gasteiger partial charge on any atom is 0.192 e. The molecule has 3 nitrogen and oxygen atoms in total. The SMILES string of the molecule is CC(C)(C)c1ccc(S(C)(=O)=O)nc1. The van der Waals surface area contributed by atoms with Crippen LogP contribution in [0.2, 0.25) is 0 Å². The zero-order valence-corrected chi connectivity index (χ0v) is 9.72. The Kier molecular flexibility index (Phi) is 2.67. The predicted octanol–water partition coefficient (Wildman–Crippen LogP) is 1.78. The Hall–Kier alpha value is -0.900. The summed E-state index contributed by atoms with van der Waals surface area (Å²) >= 11 is 0. The summed E-state index contributed by atoms with van der Waals surface area (Å²) in [5.74, 6) is 0. The van der Waals surface area contributed by atoms with Crippen molar-refractivity contribution in [3.63, 3.8) is 0 Å². The van der Waals surface area contributed by atoms with Crippen molar-refractivity contribution < 1.29 is 8.42 Å². The van der Waals surface area contributed by atoms with Crippen molar-refractivity contribution in [2.75, 3.05) is 6.26 Å². The molecule has 0 aromatic carbocycles. The molecule has 1 heterocycles. The number of sulfone groups is 1. The third kappa shape index (κ3) is 2.54. The van der Waals surface area contributed by atoms with Crippen molar-refractivity contribution >= 4 is 9.84 Å². The Morgan fingerprint density at radius 3 is 2.07 bits per heavy atom. The molecule has 4 heteroatoms. The highest BCUT2D eigenvalue weighted by Gasteiger charge is 2.15. The second-order valence-corrected chi connectivity index (χ2v) is 6.37. The van der Waals surface area contributed by atoms with Crippen LogP contribution in [-0.2, 0) is 15.3 Å². The number of hydrogen-bond acceptors (Lipinski definition) is 3. The van der Waals surface area contributed by atoms with Gasteiger partial charge in [-0.15, -0.1) is 0 Å². The molecule has 0 saturated carbocycles. The lowest BCUT2D eigenvalue weighted by molar-refractivity contribution is 0.581. The van der Waals surface area contributed by atoms with Crippen molar-refractivity contribution in [2.45, 2.75) is 31.2 Å². The summed E-state index contributed by atoms with van der Waals surface area (Å²) in [4.78, 5) is 3.93. The molecular formula is C10H15NO2S. The number of aromatic nitrogens is 1. The second-order valence-electron chi connectivity index (χ2n) is 4.41. The normalized spacial score (nSPS) is 12.9. The van der Waals surface area contributed by atoms with E-state index in [1.165, 1.54) is 0 Å². The average Bonchev–Trinajstić information content (AvgIpc) is 2.01. The minimum absolute atomic E-state index is 0.00301. The van der Waals surface area contributed by atoms with Crippen LogP contribution in [-0.4, -0.2) is 19.7 Å². The first-order valence-electron chi connectivity index (χ1n) is 4.38. The van der Waals surface area contributed by atoms with Gasteiger partial charge in [-0.05, 0) is 17.0 Å². The Labute approximate surface area is 85.1 Å². The van der Waals surface area contributed by atoms with E-state index >= 15 is 0 Å². The van der Waals surface area contributed by atoms with Gasteiger partial charge in [-0.25, -0.2) is 13.4 Å². The topological polar surface area (TPSA) is 47.0 Å². The first-order valence-corrected chi connectivity index (χ1v) is 6.27. The van der Waals surface area contributed by atoms with E-state index in [1.54, 1.807) is 12.3 Å². The van der Waals surface area contributed by atoms with Crippen LogP contribution in [0.3, 0.4) is 0 Å². The van der Waals surface area contributed by atoms with Crippen molar-refractivity contribution in [3.8, 4) is 0 Å². The fourth-order valence-corrected chi connectivity index (χ4v) is 1.60. The molecule has 0 unspecified atom stereocenters. The summed E-state index contributed by atoms with van der Waals surface area (Å²) < 4.78 is 22.3. The van der Waals surface area contributed by atoms with Crippen LogP contribution in [0.25, 0.3) is 0 Å². The largest absolute Gasteiger partial charge is 0.244 e. The van der Waals surface area contributed by atoms with Crippen molar-refractivity contribution in [1.82, 2.24) is 4.98 Å². The van der Waals surface area contributed by atoms with Gasteiger partial charge in [0.25, 0.3) is 0 Å². The van der Waals surface area contributed by atoms with Crippen LogP contribution in [0.5, 0.6) is 0 Å². The number of nitrogens with zero attached hydrogens (tertiary/aromatic N) is 1. The van der Waals surface area contributed by atoms with Gasteiger partial charge in [-0.1, -0.05) is 26.8 Å². The zero-order chi connectivity index (χ0) is 11.0. The van der Waals surface area contributed by atoms with E-state index in [0.29, 0.717) is 0 Å². The first kappa shape index (κ1) is 11.2. The lowest BCUT2D eigenvalue weighted by atomic mass is 9.88. The van der Waals surface area contributed by atoms with Crippen LogP contribution in [0, 0.1) is 0 Å². The minimum atomic E-state index is -3.18. The highest BCUT2D eigenvalue weighted by molar-refractivity contribution is 7.90. The predicted molar refractivity (Wildman–Crippen MR) is 56.0 cm³/mol. The van der Waals surface area contributed by atoms with E-state index in [1.807, 2.05) is 6.07 Å². The molecule has 0 spiro atoms. The third-order valence-electron chi connectivity index (χ3n) is 1.98. The summed E-state index contributed by atoms with van der Waals surface area (Å²) in [5.41, 5.74) is 1.04. The molecule has 0 saturated heterocycles. The fraction of sp³-hybridized carbons (Fsp3) is 0.500. The first-order chi connectivity index (χ1) is 6.21. The maximum absolute atomic E-state index is 11.1. The summed E-state index contributed by atoms with van der Waals surface area (Å²) in [6, 6.07) is 3.36. The quantitative estimate of drug-likeness (QED) is 0.714. The van der Waals surface area contributed by atoms with Crippen LogP contribution >= 0.6 is 0 Å². The monoisotopic (exact) mass is 213 g/mol. The summed E-state index contributed by atoms with van der Waals surface area (Å²) in [5, 5.41) is 0.130. The molecule has 1 aromatic rings. The molecule has 1 aromatic heterocycles. The van der Waals surface area contributed by atoms with Gasteiger partial charge in [-0.2, -0.15) is 0 Å². The molecule has 0 atom stereocenters. The third-order valence-corrected chi connectivity index (χ3v) is 2.98. The molecule has 0 radical (unpaired) electrons. The van der Waals surface area contributed by atoms with Crippen molar-refractivity contribution in [1.29, 1.82) is 0 Å². The molecule has 78 valence electrons. The van der Waals surface area contributed by atoms with Gasteiger partial charge in [0.15, 0.2) is 14.9 Å². The van der Waals surface area contributed by atoms with Gasteiger partial charge in [-0.3, -0.25) is 0 Å². The molecule has 0 aliphatic heterocycles. The molecular weight excluding hydrogens is 198 g/mol. The van der Waals surface area contributed by atoms with E-state index < -0.39 is 9.84 Å². The average molecular weight is 213 g/mol. The van der Waals surface area contributed by atoms with Crippen LogP contribution in [0.15, 0.2) is 23.4 Å². The summed E-state index contributed by atoms with van der Waals surface area (Å²) in [7, 11) is -3.18. The minimum Gasteiger partial charge on any atom is -0.244 e. The summed E-state index contributed by atoms with van der Waals surface area (Å²) in [6.45, 7) is 6.18. The maximum atomic E-state index is 11.1. The van der Waals surface area contributed by atoms with E-state index in [-0.39, 0.29) is 10.4 Å². The van der Waals surface area contributed by atoms with Gasteiger partial charge < -0.3 is 0 Å². The highest BCUT2D eigenvalue weighted by Crippen LogP contribution is 2.21. The smallest absolute Gasteiger partial charge is 0.192 e. The lowest BCUT2D eigenvalue weighted by Gasteiger charge is -2.18. The molecule has 0 aliphatic carbocycles. The van der Waals surface area contributed by atoms with Gasteiger partial charge in [0.05, 0.1) is 0 Å². The summed E-state index contributed by atoms with van der Waals surface area (Å²) in [6.07, 6.45) is 2.78. The molecule has 0 amide bonds. The van der Waals surface area contributed by atoms with E-state index in [0.717, 1.165) is 11.8 Å². The van der Waals surface area contributed by atoms with Crippen LogP contribution < -0.4 is 0 Å². The van der Waals surface area contributed by atoms with Gasteiger partial charge in [0.1, 0.15) is 0 Å². The number of rotatable bonds is 1. The van der Waals surface area contributed by atoms with Gasteiger partial charge in [0, 0.05) is 12.5 Å². The highest BCUT2D eigenvalue weighted by atomic mass is 32.2. The fourth-order valence-electron chi connectivity index (χ4n) is 1.04. The Morgan fingerprint density at radius 2 is 1.79 bits per heavy atom. The zero-order valence-electron chi connectivity index (χ0n) is 8.90. The van der Waals surface area contributed by atoms with Crippen LogP contribution in [0.1, 0.15) is 26.3 Å². The van der Waals surface area contributed by atoms with Crippen LogP contribution in [0.4, 0.5) is 0 Å². The Bertz CT molecular complexity index is 412. The van der Waals surface area contributed by atoms with Gasteiger partial charge >= 0.3 is 0 Å². The van der Waals surface area contributed by atoms with E-state index in [9.17, 15) is 8.42 Å². The molecule has 0 N–H and O–H groups in total. The van der Waals surface area contributed by atoms with E-state index in [2.05, 4.69) is 25.8 Å². The van der Waals surface area contributed by atoms with Gasteiger partial charge in [0.2, 0.25) is 0 Å². The standard InChI is InChI=1S/C10H15NO2S/c1-10(2,3)8-5-6-9(11-7-8)14(4,12)13/h5-7H,1-4H3. The molecule has 14 heavy (non-hydrogen) atoms. The molecule has 1 rings (SSSR count). The molecule has 0 fully saturated rings. The van der Waals surface area contributed by atoms with E-state index in [4.69, 9.17) is 0 Å². The Balaban J connectivity index is 3.14. The number of pyridine rings is 1. The number of hydrogen-bond donors (Lipinski definition) is 0. The molecule has 0 aliphatic rings. The van der Waals surface area contributed by atoms with Crippen molar-refractivity contribution in [2.24, 2.45) is 0 Å². The lowest BCUT2D eigenvalue weighted by Crippen LogP contribution is -2.12. The molecule has 0 bridgehead atoms. The second kappa shape index (κ2) is 3.35. The van der Waals surface area contributed by atoms with Crippen molar-refractivity contribution in [3.05, 3.63) is 23.9 Å². The Morgan fingerprint density at radius 1 is 1.21 bits per heavy atom.